The fourth-order valence-electron chi connectivity index (χ4n) is 4.45. The highest BCUT2D eigenvalue weighted by atomic mass is 16.5. The average molecular weight is 359 g/mol. The summed E-state index contributed by atoms with van der Waals surface area (Å²) in [6.45, 7) is 7.17. The van der Waals surface area contributed by atoms with E-state index in [1.165, 1.54) is 12.8 Å². The van der Waals surface area contributed by atoms with Crippen molar-refractivity contribution in [3.05, 3.63) is 17.5 Å². The normalized spacial score (nSPS) is 26.3. The van der Waals surface area contributed by atoms with Crippen LogP contribution in [0, 0.1) is 17.3 Å². The van der Waals surface area contributed by atoms with Gasteiger partial charge in [0.2, 0.25) is 11.7 Å². The van der Waals surface area contributed by atoms with Crippen LogP contribution in [0.15, 0.2) is 10.6 Å². The molecule has 1 atom stereocenters. The summed E-state index contributed by atoms with van der Waals surface area (Å²) in [4.78, 5) is 29.8. The van der Waals surface area contributed by atoms with E-state index in [9.17, 15) is 9.59 Å². The number of carbonyl (C=O) groups excluding carboxylic acids is 2. The molecule has 1 aromatic heterocycles. The molecule has 4 rings (SSSR count). The van der Waals surface area contributed by atoms with Crippen molar-refractivity contribution in [1.29, 1.82) is 0 Å². The smallest absolute Gasteiger partial charge is 0.292 e. The molecule has 2 amide bonds. The zero-order valence-corrected chi connectivity index (χ0v) is 15.9. The summed E-state index contributed by atoms with van der Waals surface area (Å²) in [7, 11) is 0. The molecule has 142 valence electrons. The highest BCUT2D eigenvalue weighted by Crippen LogP contribution is 2.42. The van der Waals surface area contributed by atoms with E-state index in [0.29, 0.717) is 30.7 Å². The van der Waals surface area contributed by atoms with Crippen molar-refractivity contribution in [2.24, 2.45) is 17.3 Å². The lowest BCUT2D eigenvalue weighted by Gasteiger charge is -2.39. The van der Waals surface area contributed by atoms with Gasteiger partial charge in [0.25, 0.3) is 5.91 Å². The summed E-state index contributed by atoms with van der Waals surface area (Å²) in [5.41, 5.74) is 0.449. The van der Waals surface area contributed by atoms with Gasteiger partial charge in [0.15, 0.2) is 0 Å². The Balaban J connectivity index is 1.42. The molecule has 3 heterocycles. The summed E-state index contributed by atoms with van der Waals surface area (Å²) in [6.07, 6.45) is 6.02. The lowest BCUT2D eigenvalue weighted by Crippen LogP contribution is -2.50. The zero-order valence-electron chi connectivity index (χ0n) is 15.9. The maximum atomic E-state index is 13.1. The molecule has 0 bridgehead atoms. The molecule has 2 aliphatic heterocycles. The number of carbonyl (C=O) groups is 2. The number of piperidine rings is 1. The molecule has 26 heavy (non-hydrogen) atoms. The van der Waals surface area contributed by atoms with Crippen molar-refractivity contribution in [3.8, 4) is 0 Å². The van der Waals surface area contributed by atoms with Gasteiger partial charge >= 0.3 is 0 Å². The summed E-state index contributed by atoms with van der Waals surface area (Å²) >= 11 is 0. The van der Waals surface area contributed by atoms with Crippen molar-refractivity contribution in [1.82, 2.24) is 15.0 Å². The van der Waals surface area contributed by atoms with Crippen LogP contribution in [0.3, 0.4) is 0 Å². The largest absolute Gasteiger partial charge is 0.351 e. The number of amides is 2. The number of aromatic nitrogens is 1. The predicted octanol–water partition coefficient (Wildman–Crippen LogP) is 2.74. The molecule has 1 saturated carbocycles. The monoisotopic (exact) mass is 359 g/mol. The Morgan fingerprint density at radius 3 is 2.88 bits per heavy atom. The standard InChI is InChI=1S/C20H29N3O3/c1-14(2)10-16-11-17(26-21-16)18(24)23-9-7-20(13-23)6-3-8-22(19(20)25)12-15-4-5-15/h11,14-15H,3-10,12-13H2,1-2H3/t20-/m0/s1. The first kappa shape index (κ1) is 17.6. The molecule has 1 spiro atoms. The third-order valence-electron chi connectivity index (χ3n) is 6.03. The van der Waals surface area contributed by atoms with Crippen LogP contribution < -0.4 is 0 Å². The van der Waals surface area contributed by atoms with Crippen molar-refractivity contribution in [2.45, 2.75) is 52.4 Å². The molecule has 0 radical (unpaired) electrons. The topological polar surface area (TPSA) is 66.7 Å². The molecular formula is C20H29N3O3. The number of likely N-dealkylation sites (tertiary alicyclic amines) is 2. The van der Waals surface area contributed by atoms with Crippen molar-refractivity contribution < 1.29 is 14.1 Å². The van der Waals surface area contributed by atoms with Gasteiger partial charge < -0.3 is 14.3 Å². The number of rotatable bonds is 5. The van der Waals surface area contributed by atoms with Gasteiger partial charge in [-0.1, -0.05) is 19.0 Å². The highest BCUT2D eigenvalue weighted by Gasteiger charge is 2.50. The lowest BCUT2D eigenvalue weighted by molar-refractivity contribution is -0.145. The fourth-order valence-corrected chi connectivity index (χ4v) is 4.45. The first-order chi connectivity index (χ1) is 12.5. The molecule has 6 nitrogen and oxygen atoms in total. The first-order valence-electron chi connectivity index (χ1n) is 10.0. The quantitative estimate of drug-likeness (QED) is 0.811. The van der Waals surface area contributed by atoms with Gasteiger partial charge in [-0.2, -0.15) is 0 Å². The van der Waals surface area contributed by atoms with Crippen molar-refractivity contribution in [3.63, 3.8) is 0 Å². The van der Waals surface area contributed by atoms with E-state index in [0.717, 1.165) is 44.5 Å². The molecule has 0 N–H and O–H groups in total. The summed E-state index contributed by atoms with van der Waals surface area (Å²) in [6, 6.07) is 1.76. The maximum absolute atomic E-state index is 13.1. The van der Waals surface area contributed by atoms with Gasteiger partial charge in [-0.25, -0.2) is 0 Å². The lowest BCUT2D eigenvalue weighted by atomic mass is 9.78. The van der Waals surface area contributed by atoms with Crippen molar-refractivity contribution in [2.75, 3.05) is 26.2 Å². The number of nitrogens with zero attached hydrogens (tertiary/aromatic N) is 3. The summed E-state index contributed by atoms with van der Waals surface area (Å²) in [5.74, 6) is 1.62. The summed E-state index contributed by atoms with van der Waals surface area (Å²) in [5, 5.41) is 4.02. The number of hydrogen-bond acceptors (Lipinski definition) is 4. The van der Waals surface area contributed by atoms with Crippen molar-refractivity contribution >= 4 is 11.8 Å². The van der Waals surface area contributed by atoms with Crippen LogP contribution in [-0.2, 0) is 11.2 Å². The molecule has 2 saturated heterocycles. The average Bonchev–Trinajstić information content (AvgIpc) is 3.13. The van der Waals surface area contributed by atoms with Crippen LogP contribution in [0.4, 0.5) is 0 Å². The molecule has 0 aromatic carbocycles. The Morgan fingerprint density at radius 1 is 1.35 bits per heavy atom. The van der Waals surface area contributed by atoms with Gasteiger partial charge in [-0.3, -0.25) is 9.59 Å². The van der Waals surface area contributed by atoms with Crippen LogP contribution in [0.25, 0.3) is 0 Å². The third-order valence-corrected chi connectivity index (χ3v) is 6.03. The van der Waals surface area contributed by atoms with E-state index < -0.39 is 0 Å². The SMILES string of the molecule is CC(C)Cc1cc(C(=O)N2CC[C@@]3(CCCN(CC4CC4)C3=O)C2)on1. The molecule has 1 aromatic rings. The summed E-state index contributed by atoms with van der Waals surface area (Å²) < 4.78 is 5.29. The Kier molecular flexibility index (Phi) is 4.53. The van der Waals surface area contributed by atoms with Crippen LogP contribution in [0.1, 0.15) is 62.2 Å². The van der Waals surface area contributed by atoms with Crippen LogP contribution in [0.5, 0.6) is 0 Å². The second-order valence-corrected chi connectivity index (χ2v) is 8.84. The second kappa shape index (κ2) is 6.71. The van der Waals surface area contributed by atoms with Gasteiger partial charge in [-0.15, -0.1) is 0 Å². The molecular weight excluding hydrogens is 330 g/mol. The Bertz CT molecular complexity index is 694. The van der Waals surface area contributed by atoms with E-state index in [-0.39, 0.29) is 17.2 Å². The molecule has 0 unspecified atom stereocenters. The Hall–Kier alpha value is -1.85. The van der Waals surface area contributed by atoms with Gasteiger partial charge in [-0.05, 0) is 50.4 Å². The van der Waals surface area contributed by atoms with Crippen LogP contribution >= 0.6 is 0 Å². The van der Waals surface area contributed by atoms with E-state index in [2.05, 4.69) is 23.9 Å². The minimum Gasteiger partial charge on any atom is -0.351 e. The molecule has 1 aliphatic carbocycles. The number of hydrogen-bond donors (Lipinski definition) is 0. The molecule has 6 heteroatoms. The van der Waals surface area contributed by atoms with Gasteiger partial charge in [0.05, 0.1) is 11.1 Å². The molecule has 3 aliphatic rings. The fraction of sp³-hybridized carbons (Fsp3) is 0.750. The zero-order chi connectivity index (χ0) is 18.3. The third kappa shape index (κ3) is 3.38. The Labute approximate surface area is 154 Å². The van der Waals surface area contributed by atoms with Gasteiger partial charge in [0.1, 0.15) is 0 Å². The Morgan fingerprint density at radius 2 is 2.15 bits per heavy atom. The minimum absolute atomic E-state index is 0.128. The van der Waals surface area contributed by atoms with E-state index in [1.54, 1.807) is 11.0 Å². The second-order valence-electron chi connectivity index (χ2n) is 8.84. The van der Waals surface area contributed by atoms with E-state index in [4.69, 9.17) is 4.52 Å². The van der Waals surface area contributed by atoms with Gasteiger partial charge in [0, 0.05) is 32.2 Å². The van der Waals surface area contributed by atoms with Crippen LogP contribution in [-0.4, -0.2) is 52.9 Å². The van der Waals surface area contributed by atoms with Crippen LogP contribution in [0.2, 0.25) is 0 Å². The maximum Gasteiger partial charge on any atom is 0.292 e. The molecule has 3 fully saturated rings. The van der Waals surface area contributed by atoms with E-state index >= 15 is 0 Å². The van der Waals surface area contributed by atoms with E-state index in [1.807, 2.05) is 0 Å². The minimum atomic E-state index is -0.371. The first-order valence-corrected chi connectivity index (χ1v) is 10.0. The predicted molar refractivity (Wildman–Crippen MR) is 96.5 cm³/mol. The highest BCUT2D eigenvalue weighted by molar-refractivity contribution is 5.93.